The fraction of sp³-hybridized carbons (Fsp3) is 0.0714. The Morgan fingerprint density at radius 1 is 1.07 bits per heavy atom. The van der Waals surface area contributed by atoms with Gasteiger partial charge in [0.25, 0.3) is 15.4 Å². The molecule has 0 unspecified atom stereocenters. The molecule has 0 saturated heterocycles. The van der Waals surface area contributed by atoms with Gasteiger partial charge < -0.3 is 20.9 Å². The van der Waals surface area contributed by atoms with Crippen LogP contribution in [0.15, 0.2) is 34.0 Å². The van der Waals surface area contributed by atoms with Crippen LogP contribution < -0.4 is 11.3 Å². The van der Waals surface area contributed by atoms with Crippen LogP contribution in [0.2, 0.25) is 0 Å². The molecule has 0 spiro atoms. The number of benzene rings is 1. The van der Waals surface area contributed by atoms with Crippen LogP contribution in [0.5, 0.6) is 0 Å². The molecule has 0 radical (unpaired) electrons. The van der Waals surface area contributed by atoms with Gasteiger partial charge in [0.15, 0.2) is 0 Å². The van der Waals surface area contributed by atoms with Crippen molar-refractivity contribution in [2.75, 3.05) is 5.73 Å². The summed E-state index contributed by atoms with van der Waals surface area (Å²) in [7, 11) is -5.81. The number of sulfone groups is 1. The monoisotopic (exact) mass is 406 g/mol. The number of nitrogens with two attached hydrogens (primary N) is 1. The Hall–Kier alpha value is -3.35. The predicted molar refractivity (Wildman–Crippen MR) is 84.1 cm³/mol. The van der Waals surface area contributed by atoms with E-state index in [1.165, 1.54) is 0 Å². The lowest BCUT2D eigenvalue weighted by molar-refractivity contribution is -0.0436. The fourth-order valence-corrected chi connectivity index (χ4v) is 3.09. The molecule has 1 heterocycles. The number of carboxylic acid groups (broad SMARTS) is 2. The topological polar surface area (TPSA) is 168 Å². The van der Waals surface area contributed by atoms with Crippen molar-refractivity contribution in [2.24, 2.45) is 0 Å². The van der Waals surface area contributed by atoms with E-state index < -0.39 is 65.8 Å². The summed E-state index contributed by atoms with van der Waals surface area (Å²) in [5.74, 6) is -4.43. The maximum atomic E-state index is 12.7. The largest absolute Gasteiger partial charge is 0.501 e. The molecular weight excluding hydrogens is 397 g/mol. The van der Waals surface area contributed by atoms with Crippen molar-refractivity contribution in [3.63, 3.8) is 0 Å². The number of aromatic amines is 1. The molecule has 0 fully saturated rings. The Balaban J connectivity index is 2.96. The molecule has 0 aliphatic carbocycles. The lowest BCUT2D eigenvalue weighted by Crippen LogP contribution is -2.25. The van der Waals surface area contributed by atoms with Crippen LogP contribution in [0.3, 0.4) is 0 Å². The van der Waals surface area contributed by atoms with Gasteiger partial charge in [-0.1, -0.05) is 12.1 Å². The van der Waals surface area contributed by atoms with Crippen LogP contribution >= 0.6 is 0 Å². The van der Waals surface area contributed by atoms with Crippen LogP contribution in [-0.2, 0) is 9.84 Å². The van der Waals surface area contributed by atoms with Crippen molar-refractivity contribution in [1.82, 2.24) is 4.98 Å². The van der Waals surface area contributed by atoms with Gasteiger partial charge in [-0.25, -0.2) is 18.0 Å². The molecule has 0 bridgehead atoms. The first-order valence-corrected chi connectivity index (χ1v) is 8.21. The third kappa shape index (κ3) is 3.36. The average molecular weight is 406 g/mol. The number of halogens is 3. The van der Waals surface area contributed by atoms with Crippen LogP contribution in [0.1, 0.15) is 20.7 Å². The molecule has 0 aliphatic heterocycles. The second-order valence-electron chi connectivity index (χ2n) is 5.08. The van der Waals surface area contributed by atoms with Crippen molar-refractivity contribution in [1.29, 1.82) is 0 Å². The Morgan fingerprint density at radius 3 is 2.11 bits per heavy atom. The van der Waals surface area contributed by atoms with Gasteiger partial charge in [-0.05, 0) is 17.7 Å². The van der Waals surface area contributed by atoms with Gasteiger partial charge in [0, 0.05) is 5.56 Å². The summed E-state index contributed by atoms with van der Waals surface area (Å²) in [6.07, 6.45) is 0. The highest BCUT2D eigenvalue weighted by atomic mass is 32.2. The summed E-state index contributed by atoms with van der Waals surface area (Å²) in [5.41, 5.74) is -4.99. The third-order valence-electron chi connectivity index (χ3n) is 3.41. The Labute approximate surface area is 147 Å². The molecule has 2 aromatic rings. The lowest BCUT2D eigenvalue weighted by Gasteiger charge is -2.14. The van der Waals surface area contributed by atoms with E-state index in [1.807, 2.05) is 4.98 Å². The first-order valence-electron chi connectivity index (χ1n) is 6.73. The number of hydrogen-bond acceptors (Lipinski definition) is 6. The summed E-state index contributed by atoms with van der Waals surface area (Å²) in [4.78, 5) is 35.3. The van der Waals surface area contributed by atoms with Crippen molar-refractivity contribution < 1.29 is 41.4 Å². The minimum Gasteiger partial charge on any atom is -0.478 e. The van der Waals surface area contributed by atoms with E-state index in [0.717, 1.165) is 12.1 Å². The summed E-state index contributed by atoms with van der Waals surface area (Å²) >= 11 is 0. The zero-order chi connectivity index (χ0) is 20.7. The summed E-state index contributed by atoms with van der Waals surface area (Å²) in [5, 5.41) is 18.5. The van der Waals surface area contributed by atoms with Crippen molar-refractivity contribution >= 4 is 27.6 Å². The quantitative estimate of drug-likeness (QED) is 0.589. The Kier molecular flexibility index (Phi) is 4.75. The van der Waals surface area contributed by atoms with Crippen molar-refractivity contribution in [3.8, 4) is 11.1 Å². The number of anilines is 1. The smallest absolute Gasteiger partial charge is 0.478 e. The van der Waals surface area contributed by atoms with Gasteiger partial charge in [0.2, 0.25) is 0 Å². The maximum absolute atomic E-state index is 12.7. The summed E-state index contributed by atoms with van der Waals surface area (Å²) in [6, 6.07) is 2.78. The normalized spacial score (nSPS) is 12.0. The molecular formula is C14H9F3N2O7S. The Bertz CT molecular complexity index is 1120. The molecule has 0 saturated carbocycles. The first kappa shape index (κ1) is 20.0. The number of rotatable bonds is 4. The first-order chi connectivity index (χ1) is 12.3. The number of aromatic carboxylic acids is 2. The van der Waals surface area contributed by atoms with Gasteiger partial charge in [0.05, 0.1) is 4.90 Å². The molecule has 1 aromatic heterocycles. The van der Waals surface area contributed by atoms with E-state index in [-0.39, 0.29) is 0 Å². The molecule has 2 rings (SSSR count). The number of alkyl halides is 3. The SMILES string of the molecule is Nc1[nH]c(=O)c(C(=O)O)c(-c2cccc(S(=O)(=O)C(F)(F)F)c2)c1C(=O)O. The minimum atomic E-state index is -5.81. The molecule has 27 heavy (non-hydrogen) atoms. The van der Waals surface area contributed by atoms with E-state index >= 15 is 0 Å². The Morgan fingerprint density at radius 2 is 1.63 bits per heavy atom. The van der Waals surface area contributed by atoms with Crippen LogP contribution in [-0.4, -0.2) is 41.1 Å². The number of nitrogens with one attached hydrogen (secondary N) is 1. The van der Waals surface area contributed by atoms with Gasteiger partial charge >= 0.3 is 17.4 Å². The molecule has 0 aliphatic rings. The highest BCUT2D eigenvalue weighted by molar-refractivity contribution is 7.92. The zero-order valence-electron chi connectivity index (χ0n) is 12.9. The second-order valence-corrected chi connectivity index (χ2v) is 7.02. The molecule has 0 atom stereocenters. The molecule has 0 amide bonds. The van der Waals surface area contributed by atoms with Crippen molar-refractivity contribution in [3.05, 3.63) is 45.7 Å². The molecule has 13 heteroatoms. The number of hydrogen-bond donors (Lipinski definition) is 4. The molecule has 5 N–H and O–H groups in total. The highest BCUT2D eigenvalue weighted by Gasteiger charge is 2.47. The molecule has 9 nitrogen and oxygen atoms in total. The van der Waals surface area contributed by atoms with E-state index in [4.69, 9.17) is 5.73 Å². The van der Waals surface area contributed by atoms with Crippen molar-refractivity contribution in [2.45, 2.75) is 10.4 Å². The van der Waals surface area contributed by atoms with E-state index in [1.54, 1.807) is 0 Å². The van der Waals surface area contributed by atoms with E-state index in [9.17, 15) is 46.2 Å². The van der Waals surface area contributed by atoms with E-state index in [2.05, 4.69) is 0 Å². The number of aromatic nitrogens is 1. The van der Waals surface area contributed by atoms with Gasteiger partial charge in [-0.3, -0.25) is 4.79 Å². The molecule has 144 valence electrons. The van der Waals surface area contributed by atoms with Crippen LogP contribution in [0.25, 0.3) is 11.1 Å². The second kappa shape index (κ2) is 6.42. The van der Waals surface area contributed by atoms with Gasteiger partial charge in [-0.15, -0.1) is 0 Å². The third-order valence-corrected chi connectivity index (χ3v) is 4.89. The van der Waals surface area contributed by atoms with Crippen LogP contribution in [0.4, 0.5) is 19.0 Å². The standard InChI is InChI=1S/C14H9F3N2O7S/c15-14(16,17)27(25,26)6-3-1-2-5(4-6)7-8(12(21)22)10(18)19-11(20)9(7)13(23)24/h1-4H,(H,21,22)(H,23,24)(H3,18,19,20). The van der Waals surface area contributed by atoms with Crippen LogP contribution in [0, 0.1) is 0 Å². The fourth-order valence-electron chi connectivity index (χ4n) is 2.29. The average Bonchev–Trinajstić information content (AvgIpc) is 2.52. The number of carboxylic acids is 2. The highest BCUT2D eigenvalue weighted by Crippen LogP contribution is 2.34. The maximum Gasteiger partial charge on any atom is 0.501 e. The summed E-state index contributed by atoms with van der Waals surface area (Å²) < 4.78 is 61.4. The predicted octanol–water partition coefficient (Wildman–Crippen LogP) is 1.31. The number of pyridine rings is 1. The summed E-state index contributed by atoms with van der Waals surface area (Å²) in [6.45, 7) is 0. The zero-order valence-corrected chi connectivity index (χ0v) is 13.7. The van der Waals surface area contributed by atoms with E-state index in [0.29, 0.717) is 12.1 Å². The number of nitrogen functional groups attached to an aromatic ring is 1. The number of H-pyrrole nitrogens is 1. The lowest BCUT2D eigenvalue weighted by atomic mass is 9.95. The minimum absolute atomic E-state index is 0.413. The number of carbonyl (C=O) groups is 2. The van der Waals surface area contributed by atoms with Gasteiger partial charge in [0.1, 0.15) is 16.9 Å². The molecule has 1 aromatic carbocycles. The van der Waals surface area contributed by atoms with Gasteiger partial charge in [-0.2, -0.15) is 13.2 Å².